The van der Waals surface area contributed by atoms with Crippen LogP contribution in [-0.4, -0.2) is 66.5 Å². The van der Waals surface area contributed by atoms with Crippen LogP contribution in [0.15, 0.2) is 48.0 Å². The fourth-order valence-electron chi connectivity index (χ4n) is 3.62. The van der Waals surface area contributed by atoms with Crippen molar-refractivity contribution in [2.75, 3.05) is 40.0 Å². The van der Waals surface area contributed by atoms with Crippen LogP contribution in [-0.2, 0) is 22.6 Å². The molecule has 0 saturated carbocycles. The number of halogens is 1. The van der Waals surface area contributed by atoms with Crippen molar-refractivity contribution in [3.8, 4) is 0 Å². The Morgan fingerprint density at radius 3 is 2.55 bits per heavy atom. The van der Waals surface area contributed by atoms with Gasteiger partial charge in [-0.3, -0.25) is 0 Å². The van der Waals surface area contributed by atoms with Gasteiger partial charge in [-0.25, -0.2) is 9.98 Å². The van der Waals surface area contributed by atoms with Crippen LogP contribution in [0.5, 0.6) is 0 Å². The van der Waals surface area contributed by atoms with Crippen molar-refractivity contribution in [1.82, 2.24) is 19.8 Å². The van der Waals surface area contributed by atoms with E-state index >= 15 is 0 Å². The highest BCUT2D eigenvalue weighted by Gasteiger charge is 2.21. The molecule has 1 aromatic carbocycles. The minimum absolute atomic E-state index is 0. The van der Waals surface area contributed by atoms with Crippen molar-refractivity contribution in [2.45, 2.75) is 45.4 Å². The number of guanidine groups is 1. The molecule has 8 heteroatoms. The molecule has 0 spiro atoms. The minimum atomic E-state index is 0. The summed E-state index contributed by atoms with van der Waals surface area (Å²) in [6.07, 6.45) is 9.03. The SMILES string of the molecule is CCNC(=NCc1ccc(Cn2ccnc2)cc1)N1CCC(OCCCOC)CC1.I. The molecule has 1 aromatic heterocycles. The van der Waals surface area contributed by atoms with Gasteiger partial charge >= 0.3 is 0 Å². The summed E-state index contributed by atoms with van der Waals surface area (Å²) in [6.45, 7) is 8.01. The molecule has 2 aromatic rings. The molecule has 31 heavy (non-hydrogen) atoms. The molecule has 0 atom stereocenters. The molecule has 1 aliphatic heterocycles. The third kappa shape index (κ3) is 8.78. The van der Waals surface area contributed by atoms with Crippen LogP contribution < -0.4 is 5.32 Å². The topological polar surface area (TPSA) is 63.9 Å². The molecule has 0 unspecified atom stereocenters. The lowest BCUT2D eigenvalue weighted by atomic mass is 10.1. The molecule has 0 aliphatic carbocycles. The average Bonchev–Trinajstić information content (AvgIpc) is 3.29. The number of nitrogens with zero attached hydrogens (tertiary/aromatic N) is 4. The number of ether oxygens (including phenoxy) is 2. The minimum Gasteiger partial charge on any atom is -0.385 e. The van der Waals surface area contributed by atoms with Gasteiger partial charge in [0.25, 0.3) is 0 Å². The van der Waals surface area contributed by atoms with Gasteiger partial charge in [0.05, 0.1) is 19.0 Å². The largest absolute Gasteiger partial charge is 0.385 e. The Bertz CT molecular complexity index is 744. The van der Waals surface area contributed by atoms with Crippen LogP contribution in [0.4, 0.5) is 0 Å². The predicted molar refractivity (Wildman–Crippen MR) is 135 cm³/mol. The van der Waals surface area contributed by atoms with E-state index in [0.717, 1.165) is 64.6 Å². The van der Waals surface area contributed by atoms with Gasteiger partial charge in [-0.1, -0.05) is 24.3 Å². The molecule has 0 radical (unpaired) electrons. The van der Waals surface area contributed by atoms with Crippen molar-refractivity contribution < 1.29 is 9.47 Å². The maximum Gasteiger partial charge on any atom is 0.194 e. The van der Waals surface area contributed by atoms with Gasteiger partial charge in [-0.05, 0) is 37.3 Å². The number of benzene rings is 1. The van der Waals surface area contributed by atoms with E-state index in [1.165, 1.54) is 11.1 Å². The summed E-state index contributed by atoms with van der Waals surface area (Å²) < 4.78 is 13.1. The van der Waals surface area contributed by atoms with E-state index < -0.39 is 0 Å². The number of hydrogen-bond acceptors (Lipinski definition) is 4. The molecule has 1 saturated heterocycles. The molecule has 1 fully saturated rings. The zero-order valence-electron chi connectivity index (χ0n) is 18.7. The number of aromatic nitrogens is 2. The first-order valence-electron chi connectivity index (χ1n) is 11.0. The van der Waals surface area contributed by atoms with Crippen molar-refractivity contribution in [3.05, 3.63) is 54.1 Å². The summed E-state index contributed by atoms with van der Waals surface area (Å²) in [5, 5.41) is 3.45. The maximum atomic E-state index is 5.98. The standard InChI is InChI=1S/C23H35N5O2.HI/c1-3-25-23(28-12-9-22(10-13-28)30-16-4-15-29-2)26-17-20-5-7-21(8-6-20)18-27-14-11-24-19-27;/h5-8,11,14,19,22H,3-4,9-10,12-13,15-18H2,1-2H3,(H,25,26);1H. The first-order valence-corrected chi connectivity index (χ1v) is 11.0. The van der Waals surface area contributed by atoms with Gasteiger partial charge in [0.1, 0.15) is 0 Å². The number of nitrogens with one attached hydrogen (secondary N) is 1. The average molecular weight is 541 g/mol. The van der Waals surface area contributed by atoms with Gasteiger partial charge in [0.2, 0.25) is 0 Å². The number of aliphatic imine (C=N–C) groups is 1. The van der Waals surface area contributed by atoms with Gasteiger partial charge < -0.3 is 24.3 Å². The molecular formula is C23H36IN5O2. The lowest BCUT2D eigenvalue weighted by Gasteiger charge is -2.34. The lowest BCUT2D eigenvalue weighted by Crippen LogP contribution is -2.47. The fraction of sp³-hybridized carbons (Fsp3) is 0.565. The Balaban J connectivity index is 0.00000341. The Labute approximate surface area is 203 Å². The van der Waals surface area contributed by atoms with E-state index in [9.17, 15) is 0 Å². The first kappa shape index (κ1) is 25.6. The van der Waals surface area contributed by atoms with E-state index in [4.69, 9.17) is 14.5 Å². The smallest absolute Gasteiger partial charge is 0.194 e. The van der Waals surface area contributed by atoms with E-state index in [1.807, 2.05) is 18.7 Å². The highest BCUT2D eigenvalue weighted by molar-refractivity contribution is 14.0. The zero-order valence-corrected chi connectivity index (χ0v) is 21.0. The van der Waals surface area contributed by atoms with E-state index in [1.54, 1.807) is 7.11 Å². The third-order valence-corrected chi connectivity index (χ3v) is 5.28. The highest BCUT2D eigenvalue weighted by atomic mass is 127. The van der Waals surface area contributed by atoms with Crippen molar-refractivity contribution in [1.29, 1.82) is 0 Å². The molecule has 2 heterocycles. The third-order valence-electron chi connectivity index (χ3n) is 5.28. The second kappa shape index (κ2) is 14.4. The van der Waals surface area contributed by atoms with E-state index in [-0.39, 0.29) is 24.0 Å². The Morgan fingerprint density at radius 1 is 1.16 bits per heavy atom. The molecule has 1 aliphatic rings. The van der Waals surface area contributed by atoms with Crippen molar-refractivity contribution >= 4 is 29.9 Å². The molecular weight excluding hydrogens is 505 g/mol. The second-order valence-electron chi connectivity index (χ2n) is 7.63. The molecule has 0 amide bonds. The van der Waals surface area contributed by atoms with Crippen LogP contribution in [0.3, 0.4) is 0 Å². The van der Waals surface area contributed by atoms with Gasteiger partial charge in [-0.2, -0.15) is 0 Å². The number of imidazole rings is 1. The Morgan fingerprint density at radius 2 is 1.90 bits per heavy atom. The molecule has 172 valence electrons. The Hall–Kier alpha value is -1.65. The van der Waals surface area contributed by atoms with Crippen LogP contribution in [0.2, 0.25) is 0 Å². The maximum absolute atomic E-state index is 5.98. The van der Waals surface area contributed by atoms with Gasteiger partial charge in [0, 0.05) is 58.9 Å². The molecule has 1 N–H and O–H groups in total. The predicted octanol–water partition coefficient (Wildman–Crippen LogP) is 3.53. The van der Waals surface area contributed by atoms with Crippen molar-refractivity contribution in [3.63, 3.8) is 0 Å². The quantitative estimate of drug-likeness (QED) is 0.216. The Kier molecular flexibility index (Phi) is 11.9. The molecule has 0 bridgehead atoms. The van der Waals surface area contributed by atoms with Crippen LogP contribution in [0.1, 0.15) is 37.3 Å². The number of hydrogen-bond donors (Lipinski definition) is 1. The number of methoxy groups -OCH3 is 1. The first-order chi connectivity index (χ1) is 14.8. The number of rotatable bonds is 10. The van der Waals surface area contributed by atoms with Gasteiger partial charge in [0.15, 0.2) is 5.96 Å². The summed E-state index contributed by atoms with van der Waals surface area (Å²) in [5.41, 5.74) is 2.48. The number of piperidine rings is 1. The second-order valence-corrected chi connectivity index (χ2v) is 7.63. The summed E-state index contributed by atoms with van der Waals surface area (Å²) >= 11 is 0. The van der Waals surface area contributed by atoms with E-state index in [2.05, 4.69) is 51.0 Å². The zero-order chi connectivity index (χ0) is 21.0. The van der Waals surface area contributed by atoms with Crippen LogP contribution >= 0.6 is 24.0 Å². The van der Waals surface area contributed by atoms with Crippen molar-refractivity contribution in [2.24, 2.45) is 4.99 Å². The molecule has 7 nitrogen and oxygen atoms in total. The summed E-state index contributed by atoms with van der Waals surface area (Å²) in [5.74, 6) is 0.998. The summed E-state index contributed by atoms with van der Waals surface area (Å²) in [4.78, 5) is 11.3. The summed E-state index contributed by atoms with van der Waals surface area (Å²) in [7, 11) is 1.73. The van der Waals surface area contributed by atoms with Crippen LogP contribution in [0, 0.1) is 0 Å². The lowest BCUT2D eigenvalue weighted by molar-refractivity contribution is 0.00990. The monoisotopic (exact) mass is 541 g/mol. The van der Waals surface area contributed by atoms with E-state index in [0.29, 0.717) is 12.6 Å². The number of likely N-dealkylation sites (tertiary alicyclic amines) is 1. The van der Waals surface area contributed by atoms with Gasteiger partial charge in [-0.15, -0.1) is 24.0 Å². The van der Waals surface area contributed by atoms with Crippen LogP contribution in [0.25, 0.3) is 0 Å². The fourth-order valence-corrected chi connectivity index (χ4v) is 3.62. The molecule has 3 rings (SSSR count). The summed E-state index contributed by atoms with van der Waals surface area (Å²) in [6, 6.07) is 8.67. The normalized spacial score (nSPS) is 15.0. The highest BCUT2D eigenvalue weighted by Crippen LogP contribution is 2.15.